The summed E-state index contributed by atoms with van der Waals surface area (Å²) in [6, 6.07) is 0. The Morgan fingerprint density at radius 3 is 1.70 bits per heavy atom. The van der Waals surface area contributed by atoms with Crippen LogP contribution in [0, 0.1) is 23.7 Å². The molecule has 0 aromatic carbocycles. The van der Waals surface area contributed by atoms with Crippen molar-refractivity contribution in [2.45, 2.75) is 88.0 Å². The summed E-state index contributed by atoms with van der Waals surface area (Å²) in [5, 5.41) is 0. The van der Waals surface area contributed by atoms with Crippen LogP contribution in [-0.4, -0.2) is 0 Å². The molecule has 0 radical (unpaired) electrons. The van der Waals surface area contributed by atoms with E-state index in [1.165, 1.54) is 36.8 Å². The topological polar surface area (TPSA) is 0 Å². The summed E-state index contributed by atoms with van der Waals surface area (Å²) in [4.78, 5) is 0. The van der Waals surface area contributed by atoms with Crippen LogP contribution in [-0.2, 0) is 0 Å². The van der Waals surface area contributed by atoms with Crippen molar-refractivity contribution in [2.75, 3.05) is 0 Å². The predicted molar refractivity (Wildman–Crippen MR) is 110 cm³/mol. The molecule has 0 aliphatic carbocycles. The fraction of sp³-hybridized carbons (Fsp3) is 0.739. The van der Waals surface area contributed by atoms with E-state index in [0.29, 0.717) is 11.8 Å². The lowest BCUT2D eigenvalue weighted by molar-refractivity contribution is 0.310. The second-order valence-corrected chi connectivity index (χ2v) is 7.38. The van der Waals surface area contributed by atoms with Crippen molar-refractivity contribution in [3.8, 4) is 0 Å². The van der Waals surface area contributed by atoms with Gasteiger partial charge in [-0.15, -0.1) is 6.58 Å². The maximum absolute atomic E-state index is 3.88. The molecule has 0 aliphatic heterocycles. The molecule has 0 saturated carbocycles. The summed E-state index contributed by atoms with van der Waals surface area (Å²) in [6.45, 7) is 23.9. The van der Waals surface area contributed by atoms with Crippen molar-refractivity contribution in [3.05, 3.63) is 36.0 Å². The van der Waals surface area contributed by atoms with Gasteiger partial charge in [-0.1, -0.05) is 70.9 Å². The zero-order valence-corrected chi connectivity index (χ0v) is 17.6. The zero-order chi connectivity index (χ0) is 18.4. The zero-order valence-electron chi connectivity index (χ0n) is 17.6. The van der Waals surface area contributed by atoms with Gasteiger partial charge < -0.3 is 0 Å². The maximum Gasteiger partial charge on any atom is -0.0231 e. The van der Waals surface area contributed by atoms with Crippen LogP contribution in [0.5, 0.6) is 0 Å². The van der Waals surface area contributed by atoms with Crippen LogP contribution in [0.3, 0.4) is 0 Å². The quantitative estimate of drug-likeness (QED) is 0.281. The summed E-state index contributed by atoms with van der Waals surface area (Å²) in [5.74, 6) is 3.00. The molecule has 136 valence electrons. The van der Waals surface area contributed by atoms with Gasteiger partial charge in [-0.05, 0) is 70.1 Å². The first-order chi connectivity index (χ1) is 10.8. The molecule has 0 aliphatic rings. The molecule has 0 nitrogen and oxygen atoms in total. The molecule has 0 spiro atoms. The van der Waals surface area contributed by atoms with Crippen LogP contribution in [0.15, 0.2) is 36.0 Å². The van der Waals surface area contributed by atoms with Crippen LogP contribution in [0.4, 0.5) is 0 Å². The smallest absolute Gasteiger partial charge is 0.0231 e. The summed E-state index contributed by atoms with van der Waals surface area (Å²) in [7, 11) is 0. The van der Waals surface area contributed by atoms with Crippen LogP contribution >= 0.6 is 0 Å². The van der Waals surface area contributed by atoms with Gasteiger partial charge in [0.15, 0.2) is 0 Å². The summed E-state index contributed by atoms with van der Waals surface area (Å²) >= 11 is 0. The van der Waals surface area contributed by atoms with E-state index in [2.05, 4.69) is 73.3 Å². The van der Waals surface area contributed by atoms with E-state index in [0.717, 1.165) is 11.8 Å². The molecule has 0 N–H and O–H groups in total. The molecular formula is C23H44. The first-order valence-electron chi connectivity index (χ1n) is 9.72. The molecule has 0 aromatic heterocycles. The lowest BCUT2D eigenvalue weighted by Gasteiger charge is -2.22. The maximum atomic E-state index is 3.88. The summed E-state index contributed by atoms with van der Waals surface area (Å²) in [6.07, 6.45) is 11.9. The van der Waals surface area contributed by atoms with E-state index in [1.54, 1.807) is 0 Å². The summed E-state index contributed by atoms with van der Waals surface area (Å²) in [5.41, 5.74) is 2.89. The number of rotatable bonds is 10. The lowest BCUT2D eigenvalue weighted by Crippen LogP contribution is -2.11. The molecule has 0 aromatic rings. The third kappa shape index (κ3) is 13.4. The minimum atomic E-state index is 0.660. The Bertz CT molecular complexity index is 341. The Kier molecular flexibility index (Phi) is 15.7. The van der Waals surface area contributed by atoms with E-state index >= 15 is 0 Å². The van der Waals surface area contributed by atoms with Gasteiger partial charge in [-0.25, -0.2) is 0 Å². The van der Waals surface area contributed by atoms with Gasteiger partial charge >= 0.3 is 0 Å². The molecule has 0 heteroatoms. The lowest BCUT2D eigenvalue weighted by atomic mass is 9.83. The van der Waals surface area contributed by atoms with Crippen LogP contribution < -0.4 is 0 Å². The van der Waals surface area contributed by atoms with Gasteiger partial charge in [0.05, 0.1) is 0 Å². The molecule has 0 saturated heterocycles. The third-order valence-corrected chi connectivity index (χ3v) is 4.96. The fourth-order valence-electron chi connectivity index (χ4n) is 2.42. The Labute approximate surface area is 148 Å². The highest BCUT2D eigenvalue weighted by Crippen LogP contribution is 2.27. The fourth-order valence-corrected chi connectivity index (χ4v) is 2.42. The highest BCUT2D eigenvalue weighted by atomic mass is 14.2. The van der Waals surface area contributed by atoms with Gasteiger partial charge in [-0.2, -0.15) is 0 Å². The van der Waals surface area contributed by atoms with E-state index in [4.69, 9.17) is 0 Å². The van der Waals surface area contributed by atoms with Gasteiger partial charge in [0.2, 0.25) is 0 Å². The monoisotopic (exact) mass is 320 g/mol. The van der Waals surface area contributed by atoms with Crippen LogP contribution in [0.25, 0.3) is 0 Å². The molecule has 0 amide bonds. The first-order valence-corrected chi connectivity index (χ1v) is 9.72. The molecule has 0 bridgehead atoms. The highest BCUT2D eigenvalue weighted by molar-refractivity contribution is 5.15. The number of allylic oxidation sites excluding steroid dienone is 5. The predicted octanol–water partition coefficient (Wildman–Crippen LogP) is 8.22. The van der Waals surface area contributed by atoms with E-state index in [1.807, 2.05) is 13.8 Å². The SMILES string of the molecule is C=CC(C)CCC(C)C(C)CCC(C)/C(C)=C/C=C(C)C.CC. The summed E-state index contributed by atoms with van der Waals surface area (Å²) < 4.78 is 0. The Morgan fingerprint density at radius 1 is 0.783 bits per heavy atom. The minimum absolute atomic E-state index is 0.660. The standard InChI is InChI=1S/C21H38.C2H6/c1-9-17(4)11-13-19(6)21(8)15-14-20(7)18(5)12-10-16(2)3;1-2/h9-10,12,17,19-21H,1,11,13-15H2,2-8H3;1-2H3/b18-12+;. The largest absolute Gasteiger partial charge is 0.103 e. The Hall–Kier alpha value is -0.780. The van der Waals surface area contributed by atoms with Gasteiger partial charge in [0.25, 0.3) is 0 Å². The van der Waals surface area contributed by atoms with E-state index < -0.39 is 0 Å². The molecule has 4 unspecified atom stereocenters. The average molecular weight is 321 g/mol. The molecule has 0 heterocycles. The molecule has 23 heavy (non-hydrogen) atoms. The van der Waals surface area contributed by atoms with Gasteiger partial charge in [0.1, 0.15) is 0 Å². The average Bonchev–Trinajstić information content (AvgIpc) is 2.55. The minimum Gasteiger partial charge on any atom is -0.103 e. The van der Waals surface area contributed by atoms with Crippen molar-refractivity contribution >= 4 is 0 Å². The van der Waals surface area contributed by atoms with Crippen molar-refractivity contribution in [3.63, 3.8) is 0 Å². The molecule has 0 fully saturated rings. The Morgan fingerprint density at radius 2 is 1.26 bits per heavy atom. The van der Waals surface area contributed by atoms with Crippen molar-refractivity contribution in [2.24, 2.45) is 23.7 Å². The van der Waals surface area contributed by atoms with Gasteiger partial charge in [0, 0.05) is 0 Å². The Balaban J connectivity index is 0. The molecule has 4 atom stereocenters. The first kappa shape index (κ1) is 24.5. The van der Waals surface area contributed by atoms with Crippen molar-refractivity contribution in [1.82, 2.24) is 0 Å². The molecular weight excluding hydrogens is 276 g/mol. The van der Waals surface area contributed by atoms with Crippen molar-refractivity contribution in [1.29, 1.82) is 0 Å². The molecule has 0 rings (SSSR count). The van der Waals surface area contributed by atoms with E-state index in [9.17, 15) is 0 Å². The van der Waals surface area contributed by atoms with Crippen LogP contribution in [0.2, 0.25) is 0 Å². The van der Waals surface area contributed by atoms with E-state index in [-0.39, 0.29) is 0 Å². The second kappa shape index (κ2) is 14.8. The highest BCUT2D eigenvalue weighted by Gasteiger charge is 2.14. The second-order valence-electron chi connectivity index (χ2n) is 7.38. The van der Waals surface area contributed by atoms with Crippen molar-refractivity contribution < 1.29 is 0 Å². The van der Waals surface area contributed by atoms with Crippen LogP contribution in [0.1, 0.15) is 88.0 Å². The number of hydrogen-bond acceptors (Lipinski definition) is 0. The normalized spacial score (nSPS) is 16.5. The van der Waals surface area contributed by atoms with Gasteiger partial charge in [-0.3, -0.25) is 0 Å². The number of hydrogen-bond donors (Lipinski definition) is 0. The third-order valence-electron chi connectivity index (χ3n) is 4.96.